The predicted molar refractivity (Wildman–Crippen MR) is 65.0 cm³/mol. The highest BCUT2D eigenvalue weighted by atomic mass is 19.1. The second-order valence-corrected chi connectivity index (χ2v) is 4.15. The van der Waals surface area contributed by atoms with Crippen LogP contribution in [0.5, 0.6) is 0 Å². The Morgan fingerprint density at radius 1 is 1.41 bits per heavy atom. The van der Waals surface area contributed by atoms with Gasteiger partial charge in [-0.05, 0) is 25.0 Å². The van der Waals surface area contributed by atoms with E-state index >= 15 is 0 Å². The molecule has 3 nitrogen and oxygen atoms in total. The summed E-state index contributed by atoms with van der Waals surface area (Å²) < 4.78 is 13.4. The Labute approximate surface area is 100 Å². The Bertz CT molecular complexity index is 453. The monoisotopic (exact) mass is 233 g/mol. The Balaban J connectivity index is 1.85. The molecule has 0 aliphatic rings. The summed E-state index contributed by atoms with van der Waals surface area (Å²) in [6.07, 6.45) is 4.11. The molecule has 1 atom stereocenters. The zero-order chi connectivity index (χ0) is 12.1. The zero-order valence-electron chi connectivity index (χ0n) is 9.78. The number of benzene rings is 1. The molecule has 2 N–H and O–H groups in total. The highest BCUT2D eigenvalue weighted by Crippen LogP contribution is 2.09. The normalized spacial score (nSPS) is 12.6. The SMILES string of the molecule is CC(Cc1ccccc1F)NCc1cnc[nH]1. The summed E-state index contributed by atoms with van der Waals surface area (Å²) in [7, 11) is 0. The highest BCUT2D eigenvalue weighted by Gasteiger charge is 2.07. The van der Waals surface area contributed by atoms with Crippen molar-refractivity contribution in [2.45, 2.75) is 25.9 Å². The average Bonchev–Trinajstić information content (AvgIpc) is 2.82. The molecule has 0 bridgehead atoms. The molecule has 1 heterocycles. The summed E-state index contributed by atoms with van der Waals surface area (Å²) in [5.74, 6) is -0.136. The van der Waals surface area contributed by atoms with Crippen molar-refractivity contribution in [1.82, 2.24) is 15.3 Å². The zero-order valence-corrected chi connectivity index (χ0v) is 9.78. The molecule has 0 radical (unpaired) electrons. The number of rotatable bonds is 5. The van der Waals surface area contributed by atoms with Crippen molar-refractivity contribution in [2.24, 2.45) is 0 Å². The molecule has 0 aliphatic heterocycles. The van der Waals surface area contributed by atoms with Crippen LogP contribution in [0.2, 0.25) is 0 Å². The van der Waals surface area contributed by atoms with Crippen LogP contribution in [-0.4, -0.2) is 16.0 Å². The molecular formula is C13H16FN3. The maximum atomic E-state index is 13.4. The summed E-state index contributed by atoms with van der Waals surface area (Å²) >= 11 is 0. The van der Waals surface area contributed by atoms with E-state index in [0.29, 0.717) is 6.42 Å². The van der Waals surface area contributed by atoms with Crippen molar-refractivity contribution in [1.29, 1.82) is 0 Å². The molecule has 0 spiro atoms. The summed E-state index contributed by atoms with van der Waals surface area (Å²) in [4.78, 5) is 6.96. The van der Waals surface area contributed by atoms with Gasteiger partial charge in [-0.2, -0.15) is 0 Å². The van der Waals surface area contributed by atoms with Gasteiger partial charge in [0.1, 0.15) is 5.82 Å². The lowest BCUT2D eigenvalue weighted by Gasteiger charge is -2.13. The van der Waals surface area contributed by atoms with E-state index in [4.69, 9.17) is 0 Å². The van der Waals surface area contributed by atoms with Crippen molar-refractivity contribution in [3.63, 3.8) is 0 Å². The van der Waals surface area contributed by atoms with Gasteiger partial charge >= 0.3 is 0 Å². The molecule has 0 amide bonds. The third kappa shape index (κ3) is 3.39. The minimum absolute atomic E-state index is 0.136. The van der Waals surface area contributed by atoms with E-state index in [1.807, 2.05) is 19.1 Å². The molecule has 2 rings (SSSR count). The van der Waals surface area contributed by atoms with Gasteiger partial charge in [-0.25, -0.2) is 9.37 Å². The molecule has 0 saturated carbocycles. The number of halogens is 1. The number of nitrogens with one attached hydrogen (secondary N) is 2. The minimum atomic E-state index is -0.136. The van der Waals surface area contributed by atoms with Crippen LogP contribution in [0.15, 0.2) is 36.8 Å². The fourth-order valence-corrected chi connectivity index (χ4v) is 1.73. The first-order chi connectivity index (χ1) is 8.25. The number of nitrogens with zero attached hydrogens (tertiary/aromatic N) is 1. The third-order valence-corrected chi connectivity index (χ3v) is 2.68. The van der Waals surface area contributed by atoms with E-state index < -0.39 is 0 Å². The van der Waals surface area contributed by atoms with E-state index in [2.05, 4.69) is 15.3 Å². The molecule has 4 heteroatoms. The molecule has 17 heavy (non-hydrogen) atoms. The fourth-order valence-electron chi connectivity index (χ4n) is 1.73. The number of hydrogen-bond donors (Lipinski definition) is 2. The lowest BCUT2D eigenvalue weighted by molar-refractivity contribution is 0.522. The van der Waals surface area contributed by atoms with Crippen molar-refractivity contribution in [3.8, 4) is 0 Å². The van der Waals surface area contributed by atoms with Gasteiger partial charge in [0.25, 0.3) is 0 Å². The van der Waals surface area contributed by atoms with Crippen LogP contribution in [0.1, 0.15) is 18.2 Å². The van der Waals surface area contributed by atoms with E-state index in [-0.39, 0.29) is 11.9 Å². The van der Waals surface area contributed by atoms with E-state index in [9.17, 15) is 4.39 Å². The summed E-state index contributed by atoms with van der Waals surface area (Å²) in [6, 6.07) is 7.11. The number of imidazole rings is 1. The first-order valence-electron chi connectivity index (χ1n) is 5.70. The van der Waals surface area contributed by atoms with Crippen LogP contribution < -0.4 is 5.32 Å². The summed E-state index contributed by atoms with van der Waals surface area (Å²) in [5, 5.41) is 3.32. The molecule has 0 saturated heterocycles. The van der Waals surface area contributed by atoms with E-state index in [1.54, 1.807) is 18.6 Å². The van der Waals surface area contributed by atoms with Gasteiger partial charge in [0.2, 0.25) is 0 Å². The standard InChI is InChI=1S/C13H16FN3/c1-10(16-8-12-7-15-9-17-12)6-11-4-2-3-5-13(11)14/h2-5,7,9-10,16H,6,8H2,1H3,(H,15,17). The second kappa shape index (κ2) is 5.59. The molecule has 1 aromatic heterocycles. The Hall–Kier alpha value is -1.68. The fraction of sp³-hybridized carbons (Fsp3) is 0.308. The van der Waals surface area contributed by atoms with Gasteiger partial charge in [-0.15, -0.1) is 0 Å². The Morgan fingerprint density at radius 2 is 2.24 bits per heavy atom. The minimum Gasteiger partial charge on any atom is -0.347 e. The Morgan fingerprint density at radius 3 is 2.94 bits per heavy atom. The van der Waals surface area contributed by atoms with Crippen LogP contribution in [-0.2, 0) is 13.0 Å². The van der Waals surface area contributed by atoms with E-state index in [0.717, 1.165) is 17.8 Å². The van der Waals surface area contributed by atoms with Gasteiger partial charge in [-0.3, -0.25) is 0 Å². The van der Waals surface area contributed by atoms with E-state index in [1.165, 1.54) is 6.07 Å². The summed E-state index contributed by atoms with van der Waals surface area (Å²) in [6.45, 7) is 2.76. The molecule has 1 unspecified atom stereocenters. The van der Waals surface area contributed by atoms with Gasteiger partial charge in [0.15, 0.2) is 0 Å². The second-order valence-electron chi connectivity index (χ2n) is 4.15. The quantitative estimate of drug-likeness (QED) is 0.831. The lowest BCUT2D eigenvalue weighted by atomic mass is 10.1. The predicted octanol–water partition coefficient (Wildman–Crippen LogP) is 2.27. The van der Waals surface area contributed by atoms with Gasteiger partial charge in [0, 0.05) is 24.5 Å². The van der Waals surface area contributed by atoms with Gasteiger partial charge < -0.3 is 10.3 Å². The molecule has 1 aromatic carbocycles. The van der Waals surface area contributed by atoms with Crippen molar-refractivity contribution < 1.29 is 4.39 Å². The molecule has 0 fully saturated rings. The maximum Gasteiger partial charge on any atom is 0.126 e. The molecule has 90 valence electrons. The van der Waals surface area contributed by atoms with Crippen LogP contribution in [0.25, 0.3) is 0 Å². The number of aromatic nitrogens is 2. The number of hydrogen-bond acceptors (Lipinski definition) is 2. The topological polar surface area (TPSA) is 40.7 Å². The first-order valence-corrected chi connectivity index (χ1v) is 5.70. The Kier molecular flexibility index (Phi) is 3.88. The maximum absolute atomic E-state index is 13.4. The molecular weight excluding hydrogens is 217 g/mol. The van der Waals surface area contributed by atoms with Crippen LogP contribution in [0.3, 0.4) is 0 Å². The van der Waals surface area contributed by atoms with Crippen LogP contribution in [0, 0.1) is 5.82 Å². The van der Waals surface area contributed by atoms with Crippen molar-refractivity contribution in [3.05, 3.63) is 53.9 Å². The number of H-pyrrole nitrogens is 1. The smallest absolute Gasteiger partial charge is 0.126 e. The van der Waals surface area contributed by atoms with Gasteiger partial charge in [-0.1, -0.05) is 18.2 Å². The van der Waals surface area contributed by atoms with Crippen molar-refractivity contribution in [2.75, 3.05) is 0 Å². The van der Waals surface area contributed by atoms with Crippen LogP contribution in [0.4, 0.5) is 4.39 Å². The number of aromatic amines is 1. The first kappa shape index (κ1) is 11.8. The van der Waals surface area contributed by atoms with Crippen LogP contribution >= 0.6 is 0 Å². The summed E-state index contributed by atoms with van der Waals surface area (Å²) in [5.41, 5.74) is 1.78. The highest BCUT2D eigenvalue weighted by molar-refractivity contribution is 5.18. The average molecular weight is 233 g/mol. The lowest BCUT2D eigenvalue weighted by Crippen LogP contribution is -2.28. The molecule has 0 aliphatic carbocycles. The van der Waals surface area contributed by atoms with Crippen molar-refractivity contribution >= 4 is 0 Å². The largest absolute Gasteiger partial charge is 0.347 e. The third-order valence-electron chi connectivity index (χ3n) is 2.68. The van der Waals surface area contributed by atoms with Gasteiger partial charge in [0.05, 0.1) is 6.33 Å². The molecule has 2 aromatic rings.